The first-order chi connectivity index (χ1) is 15.6. The van der Waals surface area contributed by atoms with Crippen molar-refractivity contribution in [2.75, 3.05) is 11.9 Å². The Morgan fingerprint density at radius 2 is 1.94 bits per heavy atom. The van der Waals surface area contributed by atoms with Crippen LogP contribution in [-0.2, 0) is 4.79 Å². The molecule has 4 heterocycles. The summed E-state index contributed by atoms with van der Waals surface area (Å²) < 4.78 is 0. The van der Waals surface area contributed by atoms with Crippen LogP contribution in [-0.4, -0.2) is 44.3 Å². The molecule has 0 bridgehead atoms. The number of rotatable bonds is 5. The Labute approximate surface area is 193 Å². The van der Waals surface area contributed by atoms with Crippen molar-refractivity contribution in [1.29, 1.82) is 0 Å². The van der Waals surface area contributed by atoms with Gasteiger partial charge < -0.3 is 15.2 Å². The molecule has 0 saturated carbocycles. The van der Waals surface area contributed by atoms with Gasteiger partial charge in [-0.3, -0.25) is 14.6 Å². The van der Waals surface area contributed by atoms with Crippen LogP contribution in [0.25, 0.3) is 22.4 Å². The summed E-state index contributed by atoms with van der Waals surface area (Å²) in [7, 11) is 0. The smallest absolute Gasteiger partial charge is 0.256 e. The number of aromatic amines is 1. The van der Waals surface area contributed by atoms with Crippen molar-refractivity contribution in [3.05, 3.63) is 77.2 Å². The summed E-state index contributed by atoms with van der Waals surface area (Å²) in [5.41, 5.74) is 4.32. The number of anilines is 1. The molecule has 3 aromatic heterocycles. The van der Waals surface area contributed by atoms with E-state index in [1.807, 2.05) is 35.7 Å². The second-order valence-corrected chi connectivity index (χ2v) is 8.65. The number of hydrogen-bond donors (Lipinski definition) is 2. The molecule has 4 aromatic rings. The third-order valence-electron chi connectivity index (χ3n) is 5.38. The van der Waals surface area contributed by atoms with Gasteiger partial charge in [0.2, 0.25) is 5.91 Å². The van der Waals surface area contributed by atoms with E-state index in [4.69, 9.17) is 11.6 Å². The third kappa shape index (κ3) is 4.02. The molecule has 7 nitrogen and oxygen atoms in total. The Balaban J connectivity index is 1.28. The first kappa shape index (κ1) is 20.4. The zero-order valence-electron chi connectivity index (χ0n) is 16.8. The maximum atomic E-state index is 12.8. The number of amides is 2. The second-order valence-electron chi connectivity index (χ2n) is 7.38. The van der Waals surface area contributed by atoms with E-state index in [2.05, 4.69) is 26.3 Å². The minimum Gasteiger partial charge on any atom is -0.352 e. The lowest BCUT2D eigenvalue weighted by Gasteiger charge is -2.39. The minimum absolute atomic E-state index is 0.215. The molecule has 1 aromatic carbocycles. The molecule has 1 aliphatic heterocycles. The second kappa shape index (κ2) is 8.57. The van der Waals surface area contributed by atoms with E-state index < -0.39 is 6.04 Å². The molecule has 1 aliphatic rings. The van der Waals surface area contributed by atoms with Crippen molar-refractivity contribution < 1.29 is 9.59 Å². The first-order valence-electron chi connectivity index (χ1n) is 10.0. The summed E-state index contributed by atoms with van der Waals surface area (Å²) in [5, 5.41) is 5.65. The van der Waals surface area contributed by atoms with Crippen molar-refractivity contribution in [3.8, 4) is 22.4 Å². The lowest BCUT2D eigenvalue weighted by atomic mass is 10.0. The Morgan fingerprint density at radius 3 is 2.66 bits per heavy atom. The number of H-pyrrole nitrogens is 1. The Morgan fingerprint density at radius 1 is 1.12 bits per heavy atom. The van der Waals surface area contributed by atoms with Crippen molar-refractivity contribution in [1.82, 2.24) is 19.9 Å². The number of carbonyl (C=O) groups excluding carboxylic acids is 2. The molecule has 1 unspecified atom stereocenters. The fraction of sp³-hybridized carbons (Fsp3) is 0.130. The standard InChI is InChI=1S/C23H18ClN5O2S/c24-20-11-17(12-26-20)22(31)29-9-6-19(29)21(30)28-23-27-18(13-32-23)16-3-1-2-15(10-16)14-4-7-25-8-5-14/h1-5,7-8,10-13,19,26H,6,9H2,(H,27,28,30). The molecule has 1 saturated heterocycles. The van der Waals surface area contributed by atoms with E-state index in [0.717, 1.165) is 22.4 Å². The molecule has 1 fully saturated rings. The molecule has 160 valence electrons. The average molecular weight is 464 g/mol. The van der Waals surface area contributed by atoms with Crippen LogP contribution in [0.2, 0.25) is 5.15 Å². The van der Waals surface area contributed by atoms with E-state index in [1.165, 1.54) is 11.3 Å². The first-order valence-corrected chi connectivity index (χ1v) is 11.3. The van der Waals surface area contributed by atoms with E-state index in [9.17, 15) is 9.59 Å². The van der Waals surface area contributed by atoms with Crippen LogP contribution >= 0.6 is 22.9 Å². The number of hydrogen-bond acceptors (Lipinski definition) is 5. The lowest BCUT2D eigenvalue weighted by Crippen LogP contribution is -2.56. The molecule has 1 atom stereocenters. The summed E-state index contributed by atoms with van der Waals surface area (Å²) >= 11 is 7.22. The molecule has 2 amide bonds. The van der Waals surface area contributed by atoms with Gasteiger partial charge in [-0.15, -0.1) is 11.3 Å². The molecule has 5 rings (SSSR count). The highest BCUT2D eigenvalue weighted by Gasteiger charge is 2.38. The molecule has 0 spiro atoms. The number of likely N-dealkylation sites (tertiary alicyclic amines) is 1. The number of nitrogens with one attached hydrogen (secondary N) is 2. The molecule has 2 N–H and O–H groups in total. The quantitative estimate of drug-likeness (QED) is 0.448. The zero-order chi connectivity index (χ0) is 22.1. The summed E-state index contributed by atoms with van der Waals surface area (Å²) in [6.45, 7) is 0.532. The molecule has 0 aliphatic carbocycles. The number of halogens is 1. The summed E-state index contributed by atoms with van der Waals surface area (Å²) in [5.74, 6) is -0.454. The number of pyridine rings is 1. The van der Waals surface area contributed by atoms with Gasteiger partial charge in [-0.25, -0.2) is 4.98 Å². The highest BCUT2D eigenvalue weighted by molar-refractivity contribution is 7.14. The molecule has 32 heavy (non-hydrogen) atoms. The van der Waals surface area contributed by atoms with Gasteiger partial charge in [0, 0.05) is 36.1 Å². The van der Waals surface area contributed by atoms with Crippen molar-refractivity contribution in [3.63, 3.8) is 0 Å². The summed E-state index contributed by atoms with van der Waals surface area (Å²) in [6, 6.07) is 13.0. The number of aromatic nitrogens is 3. The third-order valence-corrected chi connectivity index (χ3v) is 6.36. The fourth-order valence-electron chi connectivity index (χ4n) is 3.61. The van der Waals surface area contributed by atoms with Crippen LogP contribution in [0.1, 0.15) is 16.8 Å². The average Bonchev–Trinajstić information content (AvgIpc) is 3.43. The van der Waals surface area contributed by atoms with Gasteiger partial charge in [-0.1, -0.05) is 29.8 Å². The van der Waals surface area contributed by atoms with Gasteiger partial charge in [0.05, 0.1) is 11.3 Å². The molecular weight excluding hydrogens is 446 g/mol. The topological polar surface area (TPSA) is 91.0 Å². The van der Waals surface area contributed by atoms with Crippen molar-refractivity contribution >= 4 is 39.9 Å². The maximum Gasteiger partial charge on any atom is 0.256 e. The Bertz CT molecular complexity index is 1290. The maximum absolute atomic E-state index is 12.8. The van der Waals surface area contributed by atoms with Crippen LogP contribution in [0.3, 0.4) is 0 Å². The number of thiazole rings is 1. The zero-order valence-corrected chi connectivity index (χ0v) is 18.4. The molecular formula is C23H18ClN5O2S. The predicted octanol–water partition coefficient (Wildman–Crippen LogP) is 4.71. The van der Waals surface area contributed by atoms with Crippen LogP contribution < -0.4 is 5.32 Å². The summed E-state index contributed by atoms with van der Waals surface area (Å²) in [6.07, 6.45) is 5.68. The lowest BCUT2D eigenvalue weighted by molar-refractivity contribution is -0.123. The van der Waals surface area contributed by atoms with E-state index in [1.54, 1.807) is 29.6 Å². The monoisotopic (exact) mass is 463 g/mol. The van der Waals surface area contributed by atoms with E-state index in [0.29, 0.717) is 28.8 Å². The van der Waals surface area contributed by atoms with Gasteiger partial charge >= 0.3 is 0 Å². The van der Waals surface area contributed by atoms with Gasteiger partial charge in [0.25, 0.3) is 5.91 Å². The number of benzene rings is 1. The van der Waals surface area contributed by atoms with Gasteiger partial charge in [0.1, 0.15) is 11.2 Å². The highest BCUT2D eigenvalue weighted by atomic mass is 35.5. The number of carbonyl (C=O) groups is 2. The Kier molecular flexibility index (Phi) is 5.46. The van der Waals surface area contributed by atoms with Gasteiger partial charge in [0.15, 0.2) is 5.13 Å². The van der Waals surface area contributed by atoms with Gasteiger partial charge in [-0.2, -0.15) is 0 Å². The highest BCUT2D eigenvalue weighted by Crippen LogP contribution is 2.30. The van der Waals surface area contributed by atoms with E-state index >= 15 is 0 Å². The van der Waals surface area contributed by atoms with Crippen LogP contribution in [0.4, 0.5) is 5.13 Å². The molecule has 9 heteroatoms. The van der Waals surface area contributed by atoms with Gasteiger partial charge in [-0.05, 0) is 41.8 Å². The Hall–Kier alpha value is -3.49. The van der Waals surface area contributed by atoms with Crippen LogP contribution in [0.15, 0.2) is 66.4 Å². The predicted molar refractivity (Wildman–Crippen MR) is 125 cm³/mol. The van der Waals surface area contributed by atoms with E-state index in [-0.39, 0.29) is 11.8 Å². The van der Waals surface area contributed by atoms with Crippen LogP contribution in [0.5, 0.6) is 0 Å². The SMILES string of the molecule is O=C(Nc1nc(-c2cccc(-c3ccncc3)c2)cs1)C1CCN1C(=O)c1c[nH]c(Cl)c1. The normalized spacial score (nSPS) is 15.3. The minimum atomic E-state index is -0.515. The molecule has 0 radical (unpaired) electrons. The summed E-state index contributed by atoms with van der Waals surface area (Å²) in [4.78, 5) is 38.3. The fourth-order valence-corrected chi connectivity index (χ4v) is 4.51. The van der Waals surface area contributed by atoms with Crippen molar-refractivity contribution in [2.45, 2.75) is 12.5 Å². The number of nitrogens with zero attached hydrogens (tertiary/aromatic N) is 3. The van der Waals surface area contributed by atoms with Crippen molar-refractivity contribution in [2.24, 2.45) is 0 Å². The largest absolute Gasteiger partial charge is 0.352 e. The van der Waals surface area contributed by atoms with Crippen LogP contribution in [0, 0.1) is 0 Å².